The second-order valence-electron chi connectivity index (χ2n) is 3.37. The zero-order valence-corrected chi connectivity index (χ0v) is 11.2. The van der Waals surface area contributed by atoms with E-state index in [1.54, 1.807) is 0 Å². The molecule has 0 fully saturated rings. The van der Waals surface area contributed by atoms with Crippen LogP contribution in [0.25, 0.3) is 0 Å². The summed E-state index contributed by atoms with van der Waals surface area (Å²) in [7, 11) is 1.27. The number of phenolic OH excluding ortho intramolecular Hbond substituents is 1. The Bertz CT molecular complexity index is 607. The molecule has 1 rings (SSSR count). The van der Waals surface area contributed by atoms with E-state index >= 15 is 0 Å². The second kappa shape index (κ2) is 8.51. The van der Waals surface area contributed by atoms with E-state index in [1.807, 2.05) is 0 Å². The smallest absolute Gasteiger partial charge is 0.472 e. The fourth-order valence-electron chi connectivity index (χ4n) is 1.15. The van der Waals surface area contributed by atoms with Gasteiger partial charge in [-0.2, -0.15) is 5.10 Å². The molecule has 0 radical (unpaired) electrons. The molecule has 0 unspecified atom stereocenters. The Labute approximate surface area is 122 Å². The molecule has 0 heterocycles. The van der Waals surface area contributed by atoms with E-state index in [2.05, 4.69) is 10.2 Å². The van der Waals surface area contributed by atoms with Gasteiger partial charge in [-0.25, -0.2) is 10.4 Å². The Kier molecular flexibility index (Phi) is 7.11. The lowest BCUT2D eigenvalue weighted by Crippen LogP contribution is -2.21. The number of nitro groups is 1. The maximum absolute atomic E-state index is 10.7. The summed E-state index contributed by atoms with van der Waals surface area (Å²) in [6.45, 7) is 0. The van der Waals surface area contributed by atoms with Gasteiger partial charge in [-0.3, -0.25) is 10.1 Å². The largest absolute Gasteiger partial charge is 0.500 e. The predicted molar refractivity (Wildman–Crippen MR) is 71.9 cm³/mol. The van der Waals surface area contributed by atoms with Crippen LogP contribution in [0.1, 0.15) is 5.56 Å². The minimum atomic E-state index is -1.25. The van der Waals surface area contributed by atoms with Crippen LogP contribution in [-0.2, 0) is 0 Å². The summed E-state index contributed by atoms with van der Waals surface area (Å²) in [5.41, 5.74) is 9.92. The third-order valence-electron chi connectivity index (χ3n) is 1.87. The molecule has 0 aliphatic heterocycles. The first kappa shape index (κ1) is 18.4. The third-order valence-corrected chi connectivity index (χ3v) is 1.87. The highest BCUT2D eigenvalue weighted by Gasteiger charge is 2.19. The molecule has 0 bridgehead atoms. The zero-order chi connectivity index (χ0) is 17.3. The number of phenols is 1. The van der Waals surface area contributed by atoms with Crippen LogP contribution in [0.5, 0.6) is 11.5 Å². The van der Waals surface area contributed by atoms with Crippen LogP contribution in [0.15, 0.2) is 22.3 Å². The van der Waals surface area contributed by atoms with Crippen molar-refractivity contribution in [3.63, 3.8) is 0 Å². The van der Waals surface area contributed by atoms with Gasteiger partial charge in [0.05, 0.1) is 18.2 Å². The van der Waals surface area contributed by atoms with Crippen molar-refractivity contribution in [2.45, 2.75) is 0 Å². The Balaban J connectivity index is 0.000000980. The van der Waals surface area contributed by atoms with E-state index in [0.29, 0.717) is 5.56 Å². The summed E-state index contributed by atoms with van der Waals surface area (Å²) >= 11 is 0. The fraction of sp³-hybridized carbons (Fsp3) is 0.111. The topological polar surface area (TPSA) is 210 Å². The Morgan fingerprint density at radius 3 is 2.32 bits per heavy atom. The number of rotatable bonds is 4. The Morgan fingerprint density at radius 2 is 1.91 bits per heavy atom. The molecule has 1 aromatic carbocycles. The monoisotopic (exact) mass is 317 g/mol. The maximum atomic E-state index is 10.7. The van der Waals surface area contributed by atoms with Gasteiger partial charge in [-0.15, -0.1) is 5.10 Å². The maximum Gasteiger partial charge on any atom is 0.472 e. The van der Waals surface area contributed by atoms with Gasteiger partial charge in [0.15, 0.2) is 5.75 Å². The van der Waals surface area contributed by atoms with Crippen LogP contribution in [0.4, 0.5) is 5.69 Å². The molecule has 0 aliphatic carbocycles. The number of nitrogens with zero attached hydrogens (tertiary/aromatic N) is 4. The number of hydrogen-bond donors (Lipinski definition) is 5. The number of methoxy groups -OCH3 is 1. The highest BCUT2D eigenvalue weighted by molar-refractivity contribution is 5.84. The van der Waals surface area contributed by atoms with Crippen molar-refractivity contribution in [2.24, 2.45) is 21.7 Å². The average Bonchev–Trinajstić information content (AvgIpc) is 2.38. The first-order chi connectivity index (χ1) is 10.2. The van der Waals surface area contributed by atoms with E-state index in [1.165, 1.54) is 19.4 Å². The van der Waals surface area contributed by atoms with Gasteiger partial charge in [0.2, 0.25) is 11.7 Å². The second-order valence-corrected chi connectivity index (χ2v) is 3.37. The quantitative estimate of drug-likeness (QED) is 0.208. The highest BCUT2D eigenvalue weighted by atomic mass is 16.9. The number of benzene rings is 1. The van der Waals surface area contributed by atoms with Crippen LogP contribution < -0.4 is 16.2 Å². The number of hydrogen-bond acceptors (Lipinski definition) is 7. The van der Waals surface area contributed by atoms with Crippen molar-refractivity contribution in [3.8, 4) is 11.5 Å². The van der Waals surface area contributed by atoms with Crippen molar-refractivity contribution in [2.75, 3.05) is 7.11 Å². The van der Waals surface area contributed by atoms with Gasteiger partial charge in [0.25, 0.3) is 0 Å². The first-order valence-corrected chi connectivity index (χ1v) is 5.21. The predicted octanol–water partition coefficient (Wildman–Crippen LogP) is -0.540. The molecule has 0 saturated heterocycles. The number of guanidine groups is 1. The van der Waals surface area contributed by atoms with E-state index < -0.39 is 21.4 Å². The van der Waals surface area contributed by atoms with Crippen molar-refractivity contribution < 1.29 is 30.3 Å². The van der Waals surface area contributed by atoms with Gasteiger partial charge in [-0.05, 0) is 6.07 Å². The summed E-state index contributed by atoms with van der Waals surface area (Å²) in [5, 5.41) is 39.6. The lowest BCUT2D eigenvalue weighted by molar-refractivity contribution is -0.969. The molecule has 0 atom stereocenters. The SMILES string of the molecule is COc1cc(/C=N/N=C(N)N)cc([N+](=O)[O-])c1O.O=[N+](O)O. The summed E-state index contributed by atoms with van der Waals surface area (Å²) in [4.78, 5) is 18.4. The molecule has 0 aliphatic rings. The van der Waals surface area contributed by atoms with E-state index in [-0.39, 0.29) is 11.7 Å². The summed E-state index contributed by atoms with van der Waals surface area (Å²) in [6.07, 6.45) is 1.19. The van der Waals surface area contributed by atoms with Crippen molar-refractivity contribution >= 4 is 17.9 Å². The van der Waals surface area contributed by atoms with Crippen LogP contribution >= 0.6 is 0 Å². The zero-order valence-electron chi connectivity index (χ0n) is 11.2. The van der Waals surface area contributed by atoms with Crippen molar-refractivity contribution in [1.82, 2.24) is 0 Å². The molecule has 1 aromatic rings. The molecule has 22 heavy (non-hydrogen) atoms. The Morgan fingerprint density at radius 1 is 1.36 bits per heavy atom. The van der Waals surface area contributed by atoms with Gasteiger partial charge >= 0.3 is 10.8 Å². The molecule has 120 valence electrons. The van der Waals surface area contributed by atoms with Gasteiger partial charge in [0.1, 0.15) is 4.91 Å². The lowest BCUT2D eigenvalue weighted by atomic mass is 10.2. The minimum Gasteiger partial charge on any atom is -0.500 e. The van der Waals surface area contributed by atoms with E-state index in [4.69, 9.17) is 31.5 Å². The van der Waals surface area contributed by atoms with Crippen molar-refractivity contribution in [3.05, 3.63) is 32.7 Å². The standard InChI is InChI=1S/C9H11N5O4.H2NO3/c1-18-7-3-5(4-12-13-9(10)11)2-6(8(7)15)14(16)17;2-1(3)4/h2-4,15H,1H3,(H4,10,11,13);(H2,2,3,4)/q;+1/b12-4+;. The minimum absolute atomic E-state index is 0.0460. The molecule has 0 amide bonds. The molecule has 13 heteroatoms. The van der Waals surface area contributed by atoms with Gasteiger partial charge < -0.3 is 21.3 Å². The molecule has 0 spiro atoms. The molecular weight excluding hydrogens is 304 g/mol. The van der Waals surface area contributed by atoms with Crippen LogP contribution in [0.3, 0.4) is 0 Å². The highest BCUT2D eigenvalue weighted by Crippen LogP contribution is 2.36. The Hall–Kier alpha value is -3.64. The fourth-order valence-corrected chi connectivity index (χ4v) is 1.15. The summed E-state index contributed by atoms with van der Waals surface area (Å²) in [6, 6.07) is 2.47. The van der Waals surface area contributed by atoms with Crippen LogP contribution in [-0.4, -0.2) is 44.8 Å². The van der Waals surface area contributed by atoms with Gasteiger partial charge in [-0.1, -0.05) is 0 Å². The van der Waals surface area contributed by atoms with Crippen LogP contribution in [0.2, 0.25) is 0 Å². The number of nitro benzene ring substituents is 1. The molecular formula is C9H13N6O7+. The first-order valence-electron chi connectivity index (χ1n) is 5.21. The number of aromatic hydroxyl groups is 1. The summed E-state index contributed by atoms with van der Waals surface area (Å²) in [5.74, 6) is -0.844. The number of ether oxygens (including phenoxy) is 1. The van der Waals surface area contributed by atoms with Crippen molar-refractivity contribution in [1.29, 1.82) is 0 Å². The molecule has 0 aromatic heterocycles. The normalized spacial score (nSPS) is 9.50. The molecule has 0 saturated carbocycles. The van der Waals surface area contributed by atoms with E-state index in [9.17, 15) is 15.2 Å². The number of nitrogens with two attached hydrogens (primary N) is 2. The van der Waals surface area contributed by atoms with Gasteiger partial charge in [0, 0.05) is 11.6 Å². The lowest BCUT2D eigenvalue weighted by Gasteiger charge is -2.04. The average molecular weight is 317 g/mol. The summed E-state index contributed by atoms with van der Waals surface area (Å²) < 4.78 is 4.80. The van der Waals surface area contributed by atoms with Crippen LogP contribution in [0, 0.1) is 15.0 Å². The molecule has 7 N–H and O–H groups in total. The molecule has 13 nitrogen and oxygen atoms in total. The third kappa shape index (κ3) is 6.50. The van der Waals surface area contributed by atoms with E-state index in [0.717, 1.165) is 6.07 Å².